The fourth-order valence-corrected chi connectivity index (χ4v) is 2.73. The molecule has 0 aliphatic heterocycles. The highest BCUT2D eigenvalue weighted by atomic mass is 35.5. The SMILES string of the molecule is Cc1csc(CCCNc2ccc(Cl)cc2C#N)n1. The highest BCUT2D eigenvalue weighted by Gasteiger charge is 2.03. The number of nitrogens with zero attached hydrogens (tertiary/aromatic N) is 2. The van der Waals surface area contributed by atoms with E-state index in [1.165, 1.54) is 0 Å². The molecule has 5 heteroatoms. The van der Waals surface area contributed by atoms with Crippen molar-refractivity contribution in [2.24, 2.45) is 0 Å². The molecule has 1 aromatic heterocycles. The number of aryl methyl sites for hydroxylation is 2. The molecule has 2 rings (SSSR count). The molecular formula is C14H14ClN3S. The van der Waals surface area contributed by atoms with Gasteiger partial charge in [-0.25, -0.2) is 4.98 Å². The third-order valence-corrected chi connectivity index (χ3v) is 3.91. The van der Waals surface area contributed by atoms with Crippen molar-refractivity contribution in [3.8, 4) is 6.07 Å². The van der Waals surface area contributed by atoms with Crippen LogP contribution in [0.5, 0.6) is 0 Å². The van der Waals surface area contributed by atoms with Gasteiger partial charge in [0.05, 0.1) is 16.3 Å². The zero-order valence-corrected chi connectivity index (χ0v) is 12.2. The van der Waals surface area contributed by atoms with Gasteiger partial charge in [-0.1, -0.05) is 11.6 Å². The number of hydrogen-bond donors (Lipinski definition) is 1. The predicted octanol–water partition coefficient (Wildman–Crippen LogP) is 4.02. The molecule has 2 aromatic rings. The number of halogens is 1. The lowest BCUT2D eigenvalue weighted by Crippen LogP contribution is -2.04. The molecule has 98 valence electrons. The summed E-state index contributed by atoms with van der Waals surface area (Å²) in [6.45, 7) is 2.82. The van der Waals surface area contributed by atoms with Crippen LogP contribution in [-0.4, -0.2) is 11.5 Å². The first-order valence-corrected chi connectivity index (χ1v) is 7.29. The Kier molecular flexibility index (Phi) is 4.78. The summed E-state index contributed by atoms with van der Waals surface area (Å²) in [7, 11) is 0. The molecule has 0 saturated heterocycles. The van der Waals surface area contributed by atoms with E-state index < -0.39 is 0 Å². The molecule has 0 bridgehead atoms. The quantitative estimate of drug-likeness (QED) is 0.846. The molecule has 1 N–H and O–H groups in total. The molecule has 1 aromatic carbocycles. The summed E-state index contributed by atoms with van der Waals surface area (Å²) in [5, 5.41) is 16.1. The Morgan fingerprint density at radius 1 is 1.47 bits per heavy atom. The third kappa shape index (κ3) is 3.95. The van der Waals surface area contributed by atoms with E-state index >= 15 is 0 Å². The fraction of sp³-hybridized carbons (Fsp3) is 0.286. The normalized spacial score (nSPS) is 10.2. The summed E-state index contributed by atoms with van der Waals surface area (Å²) in [5.41, 5.74) is 2.50. The molecule has 0 spiro atoms. The van der Waals surface area contributed by atoms with Gasteiger partial charge < -0.3 is 5.32 Å². The fourth-order valence-electron chi connectivity index (χ4n) is 1.74. The highest BCUT2D eigenvalue weighted by molar-refractivity contribution is 7.09. The van der Waals surface area contributed by atoms with E-state index in [0.29, 0.717) is 10.6 Å². The number of nitrogens with one attached hydrogen (secondary N) is 1. The smallest absolute Gasteiger partial charge is 0.101 e. The molecule has 0 atom stereocenters. The Bertz CT molecular complexity index is 601. The van der Waals surface area contributed by atoms with Gasteiger partial charge in [0.2, 0.25) is 0 Å². The van der Waals surface area contributed by atoms with Crippen molar-refractivity contribution in [3.63, 3.8) is 0 Å². The number of aromatic nitrogens is 1. The van der Waals surface area contributed by atoms with Crippen LogP contribution >= 0.6 is 22.9 Å². The molecule has 0 saturated carbocycles. The minimum atomic E-state index is 0.581. The van der Waals surface area contributed by atoms with Crippen LogP contribution in [0.3, 0.4) is 0 Å². The van der Waals surface area contributed by atoms with Crippen molar-refractivity contribution in [1.29, 1.82) is 5.26 Å². The van der Waals surface area contributed by atoms with E-state index in [4.69, 9.17) is 16.9 Å². The van der Waals surface area contributed by atoms with Gasteiger partial charge in [0.1, 0.15) is 6.07 Å². The number of benzene rings is 1. The summed E-state index contributed by atoms with van der Waals surface area (Å²) in [6, 6.07) is 7.44. The molecule has 0 fully saturated rings. The van der Waals surface area contributed by atoms with E-state index in [0.717, 1.165) is 35.8 Å². The van der Waals surface area contributed by atoms with Gasteiger partial charge in [-0.3, -0.25) is 0 Å². The number of rotatable bonds is 5. The molecular weight excluding hydrogens is 278 g/mol. The lowest BCUT2D eigenvalue weighted by atomic mass is 10.2. The van der Waals surface area contributed by atoms with Gasteiger partial charge in [0, 0.05) is 29.1 Å². The highest BCUT2D eigenvalue weighted by Crippen LogP contribution is 2.20. The zero-order chi connectivity index (χ0) is 13.7. The summed E-state index contributed by atoms with van der Waals surface area (Å²) in [4.78, 5) is 4.42. The number of nitriles is 1. The van der Waals surface area contributed by atoms with Crippen LogP contribution in [0.2, 0.25) is 5.02 Å². The topological polar surface area (TPSA) is 48.7 Å². The first kappa shape index (κ1) is 13.9. The van der Waals surface area contributed by atoms with Gasteiger partial charge >= 0.3 is 0 Å². The Morgan fingerprint density at radius 3 is 3.00 bits per heavy atom. The van der Waals surface area contributed by atoms with Crippen LogP contribution in [-0.2, 0) is 6.42 Å². The van der Waals surface area contributed by atoms with Gasteiger partial charge in [0.15, 0.2) is 0 Å². The van der Waals surface area contributed by atoms with Crippen LogP contribution in [0, 0.1) is 18.3 Å². The summed E-state index contributed by atoms with van der Waals surface area (Å²) in [5.74, 6) is 0. The van der Waals surface area contributed by atoms with E-state index in [2.05, 4.69) is 21.8 Å². The maximum Gasteiger partial charge on any atom is 0.101 e. The minimum Gasteiger partial charge on any atom is -0.384 e. The second kappa shape index (κ2) is 6.55. The van der Waals surface area contributed by atoms with E-state index in [1.54, 1.807) is 23.5 Å². The molecule has 1 heterocycles. The Balaban J connectivity index is 1.84. The minimum absolute atomic E-state index is 0.581. The zero-order valence-electron chi connectivity index (χ0n) is 10.6. The average Bonchev–Trinajstić information content (AvgIpc) is 2.81. The van der Waals surface area contributed by atoms with Crippen LogP contribution in [0.25, 0.3) is 0 Å². The van der Waals surface area contributed by atoms with Crippen molar-refractivity contribution in [2.45, 2.75) is 19.8 Å². The van der Waals surface area contributed by atoms with Gasteiger partial charge in [-0.15, -0.1) is 11.3 Å². The molecule has 0 aliphatic carbocycles. The van der Waals surface area contributed by atoms with E-state index in [9.17, 15) is 0 Å². The lowest BCUT2D eigenvalue weighted by molar-refractivity contribution is 0.851. The number of anilines is 1. The third-order valence-electron chi connectivity index (χ3n) is 2.65. The van der Waals surface area contributed by atoms with E-state index in [-0.39, 0.29) is 0 Å². The Hall–Kier alpha value is -1.57. The van der Waals surface area contributed by atoms with Crippen molar-refractivity contribution < 1.29 is 0 Å². The molecule has 3 nitrogen and oxygen atoms in total. The summed E-state index contributed by atoms with van der Waals surface area (Å²) >= 11 is 7.55. The van der Waals surface area contributed by atoms with Gasteiger partial charge in [0.25, 0.3) is 0 Å². The van der Waals surface area contributed by atoms with Crippen molar-refractivity contribution >= 4 is 28.6 Å². The molecule has 0 unspecified atom stereocenters. The summed E-state index contributed by atoms with van der Waals surface area (Å²) in [6.07, 6.45) is 1.95. The molecule has 0 aliphatic rings. The molecule has 19 heavy (non-hydrogen) atoms. The molecule has 0 amide bonds. The number of hydrogen-bond acceptors (Lipinski definition) is 4. The second-order valence-corrected chi connectivity index (χ2v) is 5.59. The van der Waals surface area contributed by atoms with Crippen molar-refractivity contribution in [2.75, 3.05) is 11.9 Å². The largest absolute Gasteiger partial charge is 0.384 e. The molecule has 0 radical (unpaired) electrons. The standard InChI is InChI=1S/C14H14ClN3S/c1-10-9-19-14(18-10)3-2-6-17-13-5-4-12(15)7-11(13)8-16/h4-5,7,9,17H,2-3,6H2,1H3. The van der Waals surface area contributed by atoms with Crippen molar-refractivity contribution in [1.82, 2.24) is 4.98 Å². The maximum absolute atomic E-state index is 9.02. The average molecular weight is 292 g/mol. The van der Waals surface area contributed by atoms with Gasteiger partial charge in [-0.2, -0.15) is 5.26 Å². The van der Waals surface area contributed by atoms with Crippen LogP contribution in [0.1, 0.15) is 22.7 Å². The van der Waals surface area contributed by atoms with Crippen LogP contribution in [0.15, 0.2) is 23.6 Å². The summed E-state index contributed by atoms with van der Waals surface area (Å²) < 4.78 is 0. The first-order valence-electron chi connectivity index (χ1n) is 6.03. The van der Waals surface area contributed by atoms with Crippen LogP contribution in [0.4, 0.5) is 5.69 Å². The second-order valence-electron chi connectivity index (χ2n) is 4.21. The Morgan fingerprint density at radius 2 is 2.32 bits per heavy atom. The Labute approximate surface area is 121 Å². The predicted molar refractivity (Wildman–Crippen MR) is 79.8 cm³/mol. The van der Waals surface area contributed by atoms with Crippen LogP contribution < -0.4 is 5.32 Å². The van der Waals surface area contributed by atoms with E-state index in [1.807, 2.05) is 13.0 Å². The van der Waals surface area contributed by atoms with Gasteiger partial charge in [-0.05, 0) is 31.5 Å². The monoisotopic (exact) mass is 291 g/mol. The first-order chi connectivity index (χ1) is 9.19. The van der Waals surface area contributed by atoms with Crippen molar-refractivity contribution in [3.05, 3.63) is 44.9 Å². The number of thiazole rings is 1. The lowest BCUT2D eigenvalue weighted by Gasteiger charge is -2.07. The maximum atomic E-state index is 9.02.